The molecule has 170 valence electrons. The van der Waals surface area contributed by atoms with Gasteiger partial charge in [-0.25, -0.2) is 9.97 Å². The molecule has 4 aromatic rings. The van der Waals surface area contributed by atoms with Gasteiger partial charge in [0.05, 0.1) is 34.7 Å². The number of hydrogen-bond donors (Lipinski definition) is 1. The molecule has 2 aliphatic rings. The first kappa shape index (κ1) is 21.1. The van der Waals surface area contributed by atoms with Gasteiger partial charge < -0.3 is 9.72 Å². The van der Waals surface area contributed by atoms with Crippen LogP contribution in [0.4, 0.5) is 0 Å². The largest absolute Gasteiger partial charge is 0.376 e. The maximum absolute atomic E-state index is 13.3. The van der Waals surface area contributed by atoms with Gasteiger partial charge in [0.1, 0.15) is 10.7 Å². The lowest BCUT2D eigenvalue weighted by Gasteiger charge is -2.16. The first-order valence-electron chi connectivity index (χ1n) is 11.4. The predicted molar refractivity (Wildman–Crippen MR) is 131 cm³/mol. The van der Waals surface area contributed by atoms with Crippen LogP contribution < -0.4 is 11.1 Å². The summed E-state index contributed by atoms with van der Waals surface area (Å²) in [6.07, 6.45) is 6.29. The van der Waals surface area contributed by atoms with Gasteiger partial charge in [-0.3, -0.25) is 14.2 Å². The molecule has 0 amide bonds. The first-order valence-corrected chi connectivity index (χ1v) is 13.2. The van der Waals surface area contributed by atoms with E-state index in [2.05, 4.69) is 4.98 Å². The van der Waals surface area contributed by atoms with Crippen LogP contribution in [-0.4, -0.2) is 32.2 Å². The Morgan fingerprint density at radius 3 is 2.91 bits per heavy atom. The van der Waals surface area contributed by atoms with Crippen molar-refractivity contribution in [3.05, 3.63) is 61.2 Å². The maximum Gasteiger partial charge on any atom is 0.262 e. The fourth-order valence-electron chi connectivity index (χ4n) is 4.82. The quantitative estimate of drug-likeness (QED) is 0.342. The number of thioether (sulfide) groups is 1. The maximum atomic E-state index is 13.3. The zero-order chi connectivity index (χ0) is 22.4. The number of nitrogens with zero attached hydrogens (tertiary/aromatic N) is 3. The number of thiophene rings is 1. The molecule has 6 rings (SSSR count). The lowest BCUT2D eigenvalue weighted by atomic mass is 9.97. The highest BCUT2D eigenvalue weighted by Crippen LogP contribution is 2.34. The van der Waals surface area contributed by atoms with Crippen molar-refractivity contribution >= 4 is 44.2 Å². The number of para-hydroxylation sites is 1. The van der Waals surface area contributed by atoms with Crippen LogP contribution in [0.2, 0.25) is 0 Å². The number of aromatic amines is 1. The van der Waals surface area contributed by atoms with Crippen molar-refractivity contribution in [1.82, 2.24) is 19.5 Å². The minimum atomic E-state index is -0.0572. The Kier molecular flexibility index (Phi) is 5.55. The lowest BCUT2D eigenvalue weighted by molar-refractivity contribution is 0.0937. The molecule has 7 nitrogen and oxygen atoms in total. The molecule has 33 heavy (non-hydrogen) atoms. The molecule has 0 saturated carbocycles. The summed E-state index contributed by atoms with van der Waals surface area (Å²) in [6, 6.07) is 7.43. The van der Waals surface area contributed by atoms with E-state index in [4.69, 9.17) is 14.7 Å². The molecule has 0 bridgehead atoms. The molecular weight excluding hydrogens is 456 g/mol. The molecule has 1 fully saturated rings. The van der Waals surface area contributed by atoms with Gasteiger partial charge in [-0.2, -0.15) is 0 Å². The SMILES string of the molecule is O=c1[nH]c(CSc2nc3ccccc3c(=O)n2CC2CCCO2)nc2sc3c(c12)CCCC3. The average molecular weight is 481 g/mol. The number of rotatable bonds is 5. The molecule has 1 saturated heterocycles. The summed E-state index contributed by atoms with van der Waals surface area (Å²) in [5, 5.41) is 2.00. The van der Waals surface area contributed by atoms with E-state index in [1.165, 1.54) is 28.6 Å². The molecule has 9 heteroatoms. The number of nitrogens with one attached hydrogen (secondary N) is 1. The number of hydrogen-bond acceptors (Lipinski definition) is 7. The summed E-state index contributed by atoms with van der Waals surface area (Å²) >= 11 is 3.08. The van der Waals surface area contributed by atoms with Crippen molar-refractivity contribution in [3.63, 3.8) is 0 Å². The minimum Gasteiger partial charge on any atom is -0.376 e. The van der Waals surface area contributed by atoms with E-state index < -0.39 is 0 Å². The molecular formula is C24H24N4O3S2. The Morgan fingerprint density at radius 1 is 1.15 bits per heavy atom. The van der Waals surface area contributed by atoms with E-state index in [0.29, 0.717) is 34.2 Å². The topological polar surface area (TPSA) is 89.9 Å². The molecule has 1 N–H and O–H groups in total. The zero-order valence-corrected chi connectivity index (χ0v) is 19.8. The Bertz CT molecular complexity index is 1470. The number of aromatic nitrogens is 4. The fraction of sp³-hybridized carbons (Fsp3) is 0.417. The van der Waals surface area contributed by atoms with Crippen molar-refractivity contribution in [2.45, 2.75) is 62.1 Å². The highest BCUT2D eigenvalue weighted by Gasteiger charge is 2.22. The smallest absolute Gasteiger partial charge is 0.262 e. The lowest BCUT2D eigenvalue weighted by Crippen LogP contribution is -2.28. The van der Waals surface area contributed by atoms with Crippen LogP contribution in [0.25, 0.3) is 21.1 Å². The molecule has 1 aliphatic carbocycles. The van der Waals surface area contributed by atoms with E-state index in [1.807, 2.05) is 24.3 Å². The molecule has 3 aromatic heterocycles. The third kappa shape index (κ3) is 3.92. The predicted octanol–water partition coefficient (Wildman–Crippen LogP) is 4.04. The Hall–Kier alpha value is -2.49. The second-order valence-electron chi connectivity index (χ2n) is 8.65. The van der Waals surface area contributed by atoms with Crippen LogP contribution >= 0.6 is 23.1 Å². The van der Waals surface area contributed by atoms with Crippen LogP contribution in [0.5, 0.6) is 0 Å². The number of fused-ring (bicyclic) bond motifs is 4. The fourth-order valence-corrected chi connectivity index (χ4v) is 6.98. The van der Waals surface area contributed by atoms with Gasteiger partial charge in [0.15, 0.2) is 5.16 Å². The van der Waals surface area contributed by atoms with Crippen molar-refractivity contribution in [3.8, 4) is 0 Å². The van der Waals surface area contributed by atoms with Gasteiger partial charge in [-0.1, -0.05) is 23.9 Å². The van der Waals surface area contributed by atoms with Gasteiger partial charge >= 0.3 is 0 Å². The van der Waals surface area contributed by atoms with E-state index in [0.717, 1.165) is 48.9 Å². The number of aryl methyl sites for hydroxylation is 2. The van der Waals surface area contributed by atoms with Gasteiger partial charge in [0.25, 0.3) is 11.1 Å². The highest BCUT2D eigenvalue weighted by molar-refractivity contribution is 7.98. The Labute approximate surface area is 198 Å². The van der Waals surface area contributed by atoms with Crippen molar-refractivity contribution < 1.29 is 4.74 Å². The highest BCUT2D eigenvalue weighted by atomic mass is 32.2. The van der Waals surface area contributed by atoms with Crippen molar-refractivity contribution in [1.29, 1.82) is 0 Å². The third-order valence-corrected chi connectivity index (χ3v) is 8.62. The molecule has 1 atom stereocenters. The van der Waals surface area contributed by atoms with Crippen LogP contribution in [0.3, 0.4) is 0 Å². The average Bonchev–Trinajstić information content (AvgIpc) is 3.47. The summed E-state index contributed by atoms with van der Waals surface area (Å²) in [5.74, 6) is 1.05. The molecule has 1 aromatic carbocycles. The van der Waals surface area contributed by atoms with Crippen molar-refractivity contribution in [2.75, 3.05) is 6.61 Å². The summed E-state index contributed by atoms with van der Waals surface area (Å²) in [4.78, 5) is 40.8. The third-order valence-electron chi connectivity index (χ3n) is 6.45. The number of ether oxygens (including phenoxy) is 1. The summed E-state index contributed by atoms with van der Waals surface area (Å²) in [6.45, 7) is 1.22. The molecule has 0 radical (unpaired) electrons. The minimum absolute atomic E-state index is 0.0248. The first-order chi connectivity index (χ1) is 16.2. The van der Waals surface area contributed by atoms with Crippen molar-refractivity contribution in [2.24, 2.45) is 0 Å². The Balaban J connectivity index is 1.35. The van der Waals surface area contributed by atoms with E-state index >= 15 is 0 Å². The summed E-state index contributed by atoms with van der Waals surface area (Å²) in [5.41, 5.74) is 1.76. The summed E-state index contributed by atoms with van der Waals surface area (Å²) < 4.78 is 7.52. The molecule has 0 spiro atoms. The van der Waals surface area contributed by atoms with Crippen LogP contribution in [-0.2, 0) is 29.9 Å². The van der Waals surface area contributed by atoms with Gasteiger partial charge in [-0.05, 0) is 56.2 Å². The number of benzene rings is 1. The normalized spacial score (nSPS) is 18.2. The monoisotopic (exact) mass is 480 g/mol. The summed E-state index contributed by atoms with van der Waals surface area (Å²) in [7, 11) is 0. The second kappa shape index (κ2) is 8.70. The second-order valence-corrected chi connectivity index (χ2v) is 10.7. The van der Waals surface area contributed by atoms with Crippen LogP contribution in [0.15, 0.2) is 39.0 Å². The standard InChI is InChI=1S/C24H24N4O3S2/c29-21-20-16-8-2-4-10-18(16)33-22(20)27-19(26-21)13-32-24-25-17-9-3-1-7-15(17)23(30)28(24)12-14-6-5-11-31-14/h1,3,7,9,14H,2,4-6,8,10-13H2,(H,26,27,29). The Morgan fingerprint density at radius 2 is 2.03 bits per heavy atom. The molecule has 1 unspecified atom stereocenters. The van der Waals surface area contributed by atoms with Gasteiger partial charge in [0, 0.05) is 11.5 Å². The molecule has 1 aliphatic heterocycles. The van der Waals surface area contributed by atoms with Gasteiger partial charge in [-0.15, -0.1) is 11.3 Å². The van der Waals surface area contributed by atoms with E-state index in [-0.39, 0.29) is 17.2 Å². The molecule has 4 heterocycles. The zero-order valence-electron chi connectivity index (χ0n) is 18.1. The van der Waals surface area contributed by atoms with E-state index in [9.17, 15) is 9.59 Å². The number of H-pyrrole nitrogens is 1. The van der Waals surface area contributed by atoms with E-state index in [1.54, 1.807) is 15.9 Å². The van der Waals surface area contributed by atoms with Crippen LogP contribution in [0, 0.1) is 0 Å². The van der Waals surface area contributed by atoms with Crippen LogP contribution in [0.1, 0.15) is 41.9 Å². The van der Waals surface area contributed by atoms with Gasteiger partial charge in [0.2, 0.25) is 0 Å².